The van der Waals surface area contributed by atoms with E-state index in [0.717, 1.165) is 83.3 Å². The minimum absolute atomic E-state index is 0.0767. The van der Waals surface area contributed by atoms with E-state index in [2.05, 4.69) is 156 Å². The molecule has 0 saturated heterocycles. The SMILES string of the molecule is CCCC(CC)N(c1ccc(C2=C(O)C(=C3C=CC(=[N+](c4ccc(C)cc4C)C(CC)CCC)C=C3)C2=O)cc1)c1ccc(C)cc1C.O=C1NCc2ccc(cc2)CN=C([O-])c2cccc(n2)C(=O)NCc2ccc(cc2)CNC(=O)c2cccc1n2. The van der Waals surface area contributed by atoms with Crippen LogP contribution in [-0.4, -0.2) is 66.8 Å². The quantitative estimate of drug-likeness (QED) is 0.0681. The maximum absolute atomic E-state index is 13.6. The van der Waals surface area contributed by atoms with Crippen LogP contribution in [0.5, 0.6) is 0 Å². The molecule has 8 bridgehead atoms. The summed E-state index contributed by atoms with van der Waals surface area (Å²) in [6.07, 6.45) is 14.6. The Bertz CT molecular complexity index is 3910. The fourth-order valence-corrected chi connectivity index (χ4v) is 11.4. The van der Waals surface area contributed by atoms with Gasteiger partial charge in [0.2, 0.25) is 17.2 Å². The van der Waals surface area contributed by atoms with Crippen LogP contribution in [-0.2, 0) is 31.0 Å². The predicted octanol–water partition coefficient (Wildman–Crippen LogP) is 13.2. The lowest BCUT2D eigenvalue weighted by Crippen LogP contribution is -2.31. The number of Topliss-reactive ketones (excluding diaryl/α,β-unsaturated/α-hetero) is 1. The van der Waals surface area contributed by atoms with Crippen LogP contribution in [0.4, 0.5) is 17.1 Å². The number of aliphatic hydroxyl groups excluding tert-OH is 1. The molecule has 14 nitrogen and oxygen atoms in total. The summed E-state index contributed by atoms with van der Waals surface area (Å²) in [4.78, 5) is 66.6. The molecule has 88 heavy (non-hydrogen) atoms. The highest BCUT2D eigenvalue weighted by Gasteiger charge is 2.37. The number of hydrogen-bond acceptors (Lipinski definition) is 10. The molecule has 4 N–H and O–H groups in total. The third kappa shape index (κ3) is 14.9. The van der Waals surface area contributed by atoms with Gasteiger partial charge in [-0.3, -0.25) is 24.2 Å². The number of carbonyl (C=O) groups excluding carboxylic acids is 4. The predicted molar refractivity (Wildman–Crippen MR) is 348 cm³/mol. The third-order valence-electron chi connectivity index (χ3n) is 16.2. The summed E-state index contributed by atoms with van der Waals surface area (Å²) in [5.41, 5.74) is 15.7. The number of allylic oxidation sites excluding steroid dienone is 7. The number of amides is 3. The lowest BCUT2D eigenvalue weighted by Gasteiger charge is -2.35. The number of nitrogens with one attached hydrogen (secondary N) is 3. The second kappa shape index (κ2) is 29.0. The fraction of sp³-hybridized carbons (Fsp3) is 0.270. The molecule has 2 aromatic heterocycles. The first-order valence-electron chi connectivity index (χ1n) is 30.5. The highest BCUT2D eigenvalue weighted by Crippen LogP contribution is 2.41. The summed E-state index contributed by atoms with van der Waals surface area (Å²) in [6, 6.07) is 46.2. The molecule has 6 aliphatic rings. The number of ketones is 1. The lowest BCUT2D eigenvalue weighted by atomic mass is 9.80. The minimum Gasteiger partial charge on any atom is -0.857 e. The first kappa shape index (κ1) is 62.7. The summed E-state index contributed by atoms with van der Waals surface area (Å²) < 4.78 is 2.45. The second-order valence-electron chi connectivity index (χ2n) is 22.7. The van der Waals surface area contributed by atoms with Gasteiger partial charge in [0, 0.05) is 79.6 Å². The van der Waals surface area contributed by atoms with E-state index in [1.165, 1.54) is 45.8 Å². The molecule has 6 heterocycles. The molecule has 0 radical (unpaired) electrons. The van der Waals surface area contributed by atoms with Crippen molar-refractivity contribution in [2.75, 3.05) is 4.90 Å². The van der Waals surface area contributed by atoms with Gasteiger partial charge >= 0.3 is 0 Å². The van der Waals surface area contributed by atoms with E-state index >= 15 is 0 Å². The average Bonchev–Trinajstić information content (AvgIpc) is 1.10. The van der Waals surface area contributed by atoms with Gasteiger partial charge in [-0.15, -0.1) is 0 Å². The molecule has 0 fully saturated rings. The molecule has 2 unspecified atom stereocenters. The number of nitrogens with zero attached hydrogens (tertiary/aromatic N) is 5. The van der Waals surface area contributed by atoms with Crippen molar-refractivity contribution in [3.8, 4) is 0 Å². The zero-order chi connectivity index (χ0) is 62.4. The Morgan fingerprint density at radius 2 is 1.06 bits per heavy atom. The first-order chi connectivity index (χ1) is 42.6. The number of carbonyl (C=O) groups is 4. The Labute approximate surface area is 516 Å². The van der Waals surface area contributed by atoms with Crippen LogP contribution in [0, 0.1) is 27.7 Å². The van der Waals surface area contributed by atoms with Crippen molar-refractivity contribution in [3.05, 3.63) is 260 Å². The molecule has 13 rings (SSSR count). The van der Waals surface area contributed by atoms with Crippen LogP contribution in [0.2, 0.25) is 0 Å². The van der Waals surface area contributed by atoms with Gasteiger partial charge in [-0.1, -0.05) is 136 Å². The number of aryl methyl sites for hydroxylation is 4. The Morgan fingerprint density at radius 1 is 0.557 bits per heavy atom. The number of aromatic nitrogens is 2. The van der Waals surface area contributed by atoms with Gasteiger partial charge in [-0.05, 0) is 147 Å². The number of pyridine rings is 2. The fourth-order valence-electron chi connectivity index (χ4n) is 11.4. The van der Waals surface area contributed by atoms with Crippen molar-refractivity contribution < 1.29 is 34.0 Å². The van der Waals surface area contributed by atoms with Crippen LogP contribution in [0.25, 0.3) is 5.57 Å². The number of hydrogen-bond donors (Lipinski definition) is 4. The van der Waals surface area contributed by atoms with Crippen LogP contribution in [0.1, 0.15) is 153 Å². The Hall–Kier alpha value is -9.82. The zero-order valence-corrected chi connectivity index (χ0v) is 51.6. The number of anilines is 2. The highest BCUT2D eigenvalue weighted by molar-refractivity contribution is 6.39. The maximum Gasteiger partial charge on any atom is 0.270 e. The van der Waals surface area contributed by atoms with Crippen LogP contribution in [0.3, 0.4) is 0 Å². The summed E-state index contributed by atoms with van der Waals surface area (Å²) in [7, 11) is 0. The van der Waals surface area contributed by atoms with Gasteiger partial charge in [0.05, 0.1) is 23.4 Å². The van der Waals surface area contributed by atoms with Crippen molar-refractivity contribution in [1.29, 1.82) is 0 Å². The Balaban J connectivity index is 0.000000213. The van der Waals surface area contributed by atoms with E-state index in [9.17, 15) is 29.4 Å². The molecule has 450 valence electrons. The molecule has 2 atom stereocenters. The third-order valence-corrected chi connectivity index (χ3v) is 16.2. The molecule has 0 saturated carbocycles. The summed E-state index contributed by atoms with van der Waals surface area (Å²) >= 11 is 0. The normalized spacial score (nSPS) is 15.1. The molecule has 7 aromatic rings. The van der Waals surface area contributed by atoms with E-state index < -0.39 is 23.6 Å². The van der Waals surface area contributed by atoms with Gasteiger partial charge in [0.1, 0.15) is 22.8 Å². The van der Waals surface area contributed by atoms with Crippen molar-refractivity contribution in [1.82, 2.24) is 25.9 Å². The van der Waals surface area contributed by atoms with Crippen LogP contribution in [0.15, 0.2) is 192 Å². The number of aliphatic imine (C=N–C) groups is 1. The summed E-state index contributed by atoms with van der Waals surface area (Å²) in [5.74, 6) is -1.78. The maximum atomic E-state index is 13.6. The number of rotatable bonds is 12. The average molecular weight is 1180 g/mol. The molecule has 4 aliphatic heterocycles. The van der Waals surface area contributed by atoms with Gasteiger partial charge in [-0.25, -0.2) is 9.97 Å². The molecular formula is C74H78N8O6. The molecular weight excluding hydrogens is 1100 g/mol. The number of aliphatic hydroxyl groups is 1. The molecule has 14 heteroatoms. The highest BCUT2D eigenvalue weighted by atomic mass is 16.3. The monoisotopic (exact) mass is 1170 g/mol. The van der Waals surface area contributed by atoms with E-state index in [-0.39, 0.29) is 60.5 Å². The van der Waals surface area contributed by atoms with Crippen molar-refractivity contribution in [2.45, 2.75) is 132 Å². The van der Waals surface area contributed by atoms with Gasteiger partial charge in [-0.2, -0.15) is 4.58 Å². The van der Waals surface area contributed by atoms with Gasteiger partial charge in [0.15, 0.2) is 6.04 Å². The van der Waals surface area contributed by atoms with Crippen molar-refractivity contribution in [3.63, 3.8) is 0 Å². The molecule has 2 aliphatic carbocycles. The lowest BCUT2D eigenvalue weighted by molar-refractivity contribution is -0.486. The van der Waals surface area contributed by atoms with E-state index in [1.54, 1.807) is 24.3 Å². The van der Waals surface area contributed by atoms with Crippen LogP contribution < -0.4 is 26.0 Å². The smallest absolute Gasteiger partial charge is 0.270 e. The molecule has 3 amide bonds. The van der Waals surface area contributed by atoms with Crippen molar-refractivity contribution in [2.24, 2.45) is 4.99 Å². The van der Waals surface area contributed by atoms with E-state index in [1.807, 2.05) is 72.8 Å². The second-order valence-corrected chi connectivity index (χ2v) is 22.7. The molecule has 5 aromatic carbocycles. The molecule has 0 spiro atoms. The van der Waals surface area contributed by atoms with Gasteiger partial charge < -0.3 is 31.1 Å². The number of benzene rings is 5. The van der Waals surface area contributed by atoms with E-state index in [0.29, 0.717) is 23.2 Å². The Kier molecular flexibility index (Phi) is 20.7. The van der Waals surface area contributed by atoms with Gasteiger partial charge in [0.25, 0.3) is 17.7 Å². The zero-order valence-electron chi connectivity index (χ0n) is 51.6. The first-order valence-corrected chi connectivity index (χ1v) is 30.5. The topological polar surface area (TPSA) is 192 Å². The van der Waals surface area contributed by atoms with E-state index in [4.69, 9.17) is 0 Å². The largest absolute Gasteiger partial charge is 0.857 e. The van der Waals surface area contributed by atoms with Crippen LogP contribution >= 0.6 is 0 Å². The standard InChI is InChI=1S/C44H52N2O2.C30H26N6O4/c1-9-13-35(11-3)45(39-25-15-29(5)27-31(39)7)37-21-17-33(18-22-37)41-43(47)42(44(41)48)34-19-23-38(24-20-34)46(36(12-4)14-10-2)40-26-16-30(6)28-32(40)8;37-27-23-3-1-4-24(35-23)28(38)32-16-20-9-13-22(14-10-20)18-34-30(40)26-6-2-5-25(36-26)29(39)33-17-21-11-7-19(8-12-21)15-31-27/h15-28,35-36H,9-14H2,1-8H3;1-14H,15-18H2,(H,31,37)(H,32,38)(H,33,39)(H,34,40). The Morgan fingerprint density at radius 3 is 1.55 bits per heavy atom. The minimum atomic E-state index is -0.523. The summed E-state index contributed by atoms with van der Waals surface area (Å²) in [5, 5.41) is 32.3. The van der Waals surface area contributed by atoms with Crippen molar-refractivity contribution >= 4 is 57.7 Å². The summed E-state index contributed by atoms with van der Waals surface area (Å²) in [6.45, 7) is 18.5.